The Morgan fingerprint density at radius 2 is 1.94 bits per heavy atom. The number of aromatic nitrogens is 4. The second-order valence-corrected chi connectivity index (χ2v) is 9.61. The second-order valence-electron chi connectivity index (χ2n) is 9.61. The van der Waals surface area contributed by atoms with Gasteiger partial charge >= 0.3 is 0 Å². The zero-order valence-corrected chi connectivity index (χ0v) is 19.4. The minimum absolute atomic E-state index is 0.103. The zero-order chi connectivity index (χ0) is 23.1. The number of anilines is 2. The number of nitrogens with one attached hydrogen (secondary N) is 1. The number of rotatable bonds is 5. The number of ether oxygens (including phenoxy) is 2. The van der Waals surface area contributed by atoms with E-state index in [0.717, 1.165) is 80.2 Å². The van der Waals surface area contributed by atoms with Crippen molar-refractivity contribution in [1.29, 1.82) is 5.26 Å². The van der Waals surface area contributed by atoms with Crippen LogP contribution in [0, 0.1) is 18.3 Å². The van der Waals surface area contributed by atoms with Crippen LogP contribution < -0.4 is 15.0 Å². The molecule has 2 unspecified atom stereocenters. The summed E-state index contributed by atoms with van der Waals surface area (Å²) >= 11 is 0. The fraction of sp³-hybridized carbons (Fsp3) is 0.520. The van der Waals surface area contributed by atoms with Gasteiger partial charge in [-0.15, -0.1) is 0 Å². The fourth-order valence-corrected chi connectivity index (χ4v) is 5.49. The van der Waals surface area contributed by atoms with Gasteiger partial charge in [-0.25, -0.2) is 14.5 Å². The Morgan fingerprint density at radius 1 is 1.15 bits per heavy atom. The Kier molecular flexibility index (Phi) is 5.46. The van der Waals surface area contributed by atoms with E-state index in [9.17, 15) is 5.26 Å². The molecule has 1 N–H and O–H groups in total. The van der Waals surface area contributed by atoms with E-state index in [4.69, 9.17) is 9.47 Å². The molecule has 9 heteroatoms. The van der Waals surface area contributed by atoms with Gasteiger partial charge in [0, 0.05) is 31.4 Å². The fourth-order valence-electron chi connectivity index (χ4n) is 5.49. The van der Waals surface area contributed by atoms with E-state index in [1.54, 1.807) is 16.9 Å². The Labute approximate surface area is 198 Å². The normalized spacial score (nSPS) is 26.4. The van der Waals surface area contributed by atoms with E-state index in [1.807, 2.05) is 19.2 Å². The average molecular weight is 460 g/mol. The lowest BCUT2D eigenvalue weighted by atomic mass is 9.93. The third-order valence-corrected chi connectivity index (χ3v) is 7.19. The zero-order valence-electron chi connectivity index (χ0n) is 19.4. The van der Waals surface area contributed by atoms with Gasteiger partial charge in [0.2, 0.25) is 0 Å². The standard InChI is InChI=1S/C25H29N7O2/c1-16-27-9-8-24(29-16)30-18-2-4-20(5-3-18)34-23-10-19(13-32-25(23)17(11-26)12-28-32)31-14-21-6-7-22(15-31)33-21/h8-10,12-13,18,20-22H,2-7,14-15H2,1H3,(H,27,29,30). The predicted octanol–water partition coefficient (Wildman–Crippen LogP) is 3.47. The summed E-state index contributed by atoms with van der Waals surface area (Å²) in [5.74, 6) is 2.39. The van der Waals surface area contributed by atoms with Gasteiger partial charge in [0.15, 0.2) is 0 Å². The van der Waals surface area contributed by atoms with E-state index >= 15 is 0 Å². The predicted molar refractivity (Wildman–Crippen MR) is 127 cm³/mol. The first kappa shape index (κ1) is 21.2. The molecule has 6 rings (SSSR count). The van der Waals surface area contributed by atoms with Gasteiger partial charge in [-0.1, -0.05) is 0 Å². The van der Waals surface area contributed by atoms with Crippen LogP contribution in [0.25, 0.3) is 5.52 Å². The monoisotopic (exact) mass is 459 g/mol. The van der Waals surface area contributed by atoms with Crippen LogP contribution >= 0.6 is 0 Å². The molecule has 0 amide bonds. The van der Waals surface area contributed by atoms with Gasteiger partial charge in [-0.2, -0.15) is 10.4 Å². The van der Waals surface area contributed by atoms with E-state index in [0.29, 0.717) is 23.8 Å². The molecule has 0 spiro atoms. The van der Waals surface area contributed by atoms with Gasteiger partial charge in [0.05, 0.1) is 36.4 Å². The Bertz CT molecular complexity index is 1220. The minimum Gasteiger partial charge on any atom is -0.488 e. The number of pyridine rings is 1. The third kappa shape index (κ3) is 4.14. The van der Waals surface area contributed by atoms with Crippen LogP contribution in [0.5, 0.6) is 5.75 Å². The third-order valence-electron chi connectivity index (χ3n) is 7.19. The number of hydrogen-bond acceptors (Lipinski definition) is 8. The topological polar surface area (TPSA) is 101 Å². The highest BCUT2D eigenvalue weighted by Crippen LogP contribution is 2.35. The van der Waals surface area contributed by atoms with Crippen LogP contribution in [0.3, 0.4) is 0 Å². The molecule has 3 aliphatic rings. The lowest BCUT2D eigenvalue weighted by Gasteiger charge is -2.34. The SMILES string of the molecule is Cc1nccc(NC2CCC(Oc3cc(N4CC5CCC(C4)O5)cn4ncc(C#N)c34)CC2)n1. The maximum atomic E-state index is 9.64. The summed E-state index contributed by atoms with van der Waals surface area (Å²) in [4.78, 5) is 11.0. The highest BCUT2D eigenvalue weighted by atomic mass is 16.5. The molecule has 1 saturated carbocycles. The maximum Gasteiger partial charge on any atom is 0.148 e. The van der Waals surface area contributed by atoms with Crippen LogP contribution in [0.1, 0.15) is 49.9 Å². The van der Waals surface area contributed by atoms with E-state index in [1.165, 1.54) is 0 Å². The second kappa shape index (κ2) is 8.76. The van der Waals surface area contributed by atoms with Crippen LogP contribution in [0.4, 0.5) is 11.5 Å². The van der Waals surface area contributed by atoms with Gasteiger partial charge < -0.3 is 19.7 Å². The first-order valence-corrected chi connectivity index (χ1v) is 12.2. The van der Waals surface area contributed by atoms with Crippen LogP contribution in [0.2, 0.25) is 0 Å². The molecule has 3 aromatic rings. The van der Waals surface area contributed by atoms with Crippen LogP contribution in [-0.4, -0.2) is 57.0 Å². The van der Waals surface area contributed by atoms with Gasteiger partial charge in [0.25, 0.3) is 0 Å². The molecule has 2 saturated heterocycles. The van der Waals surface area contributed by atoms with Crippen molar-refractivity contribution in [2.75, 3.05) is 23.3 Å². The molecule has 0 aromatic carbocycles. The van der Waals surface area contributed by atoms with E-state index in [2.05, 4.69) is 37.4 Å². The molecule has 0 radical (unpaired) electrons. The molecule has 1 aliphatic carbocycles. The van der Waals surface area contributed by atoms with Crippen molar-refractivity contribution in [1.82, 2.24) is 19.6 Å². The van der Waals surface area contributed by atoms with Gasteiger partial charge in [-0.3, -0.25) is 0 Å². The molecular weight excluding hydrogens is 430 g/mol. The van der Waals surface area contributed by atoms with Crippen molar-refractivity contribution in [2.24, 2.45) is 0 Å². The molecule has 3 fully saturated rings. The molecule has 176 valence electrons. The van der Waals surface area contributed by atoms with Crippen molar-refractivity contribution in [2.45, 2.75) is 69.8 Å². The summed E-state index contributed by atoms with van der Waals surface area (Å²) in [6.07, 6.45) is 12.3. The van der Waals surface area contributed by atoms with E-state index < -0.39 is 0 Å². The highest BCUT2D eigenvalue weighted by molar-refractivity contribution is 5.72. The summed E-state index contributed by atoms with van der Waals surface area (Å²) in [6.45, 7) is 3.67. The summed E-state index contributed by atoms with van der Waals surface area (Å²) in [5.41, 5.74) is 2.36. The van der Waals surface area contributed by atoms with Crippen molar-refractivity contribution in [3.8, 4) is 11.8 Å². The minimum atomic E-state index is 0.103. The van der Waals surface area contributed by atoms with Crippen molar-refractivity contribution < 1.29 is 9.47 Å². The highest BCUT2D eigenvalue weighted by Gasteiger charge is 2.34. The number of morpholine rings is 1. The average Bonchev–Trinajstić information content (AvgIpc) is 3.42. The summed E-state index contributed by atoms with van der Waals surface area (Å²) in [7, 11) is 0. The molecule has 34 heavy (non-hydrogen) atoms. The van der Waals surface area contributed by atoms with Crippen molar-refractivity contribution in [3.63, 3.8) is 0 Å². The Balaban J connectivity index is 1.19. The number of nitriles is 1. The lowest BCUT2D eigenvalue weighted by Crippen LogP contribution is -2.42. The van der Waals surface area contributed by atoms with Crippen LogP contribution in [-0.2, 0) is 4.74 Å². The van der Waals surface area contributed by atoms with Crippen molar-refractivity contribution in [3.05, 3.63) is 42.1 Å². The maximum absolute atomic E-state index is 9.64. The molecule has 2 atom stereocenters. The summed E-state index contributed by atoms with van der Waals surface area (Å²) < 4.78 is 14.4. The number of fused-ring (bicyclic) bond motifs is 3. The Hall–Kier alpha value is -3.38. The lowest BCUT2D eigenvalue weighted by molar-refractivity contribution is 0.0304. The first-order chi connectivity index (χ1) is 16.6. The van der Waals surface area contributed by atoms with Crippen molar-refractivity contribution >= 4 is 17.0 Å². The largest absolute Gasteiger partial charge is 0.488 e. The molecule has 2 aliphatic heterocycles. The van der Waals surface area contributed by atoms with Crippen LogP contribution in [0.15, 0.2) is 30.7 Å². The smallest absolute Gasteiger partial charge is 0.148 e. The van der Waals surface area contributed by atoms with E-state index in [-0.39, 0.29) is 6.10 Å². The Morgan fingerprint density at radius 3 is 2.68 bits per heavy atom. The van der Waals surface area contributed by atoms with Gasteiger partial charge in [0.1, 0.15) is 34.5 Å². The molecular formula is C25H29N7O2. The van der Waals surface area contributed by atoms with Gasteiger partial charge in [-0.05, 0) is 51.5 Å². The molecule has 3 aromatic heterocycles. The molecule has 9 nitrogen and oxygen atoms in total. The number of hydrogen-bond donors (Lipinski definition) is 1. The summed E-state index contributed by atoms with van der Waals surface area (Å²) in [6, 6.07) is 6.65. The number of aryl methyl sites for hydroxylation is 1. The quantitative estimate of drug-likeness (QED) is 0.619. The molecule has 2 bridgehead atoms. The summed E-state index contributed by atoms with van der Waals surface area (Å²) in [5, 5.41) is 17.6. The number of nitrogens with zero attached hydrogens (tertiary/aromatic N) is 6. The first-order valence-electron chi connectivity index (χ1n) is 12.2. The molecule has 5 heterocycles.